The first-order chi connectivity index (χ1) is 9.05. The molecule has 0 unspecified atom stereocenters. The topological polar surface area (TPSA) is 86.5 Å². The molecule has 0 spiro atoms. The Morgan fingerprint density at radius 1 is 1.35 bits per heavy atom. The zero-order valence-corrected chi connectivity index (χ0v) is 11.2. The van der Waals surface area contributed by atoms with Gasteiger partial charge in [-0.05, 0) is 17.7 Å². The van der Waals surface area contributed by atoms with Gasteiger partial charge in [0.25, 0.3) is 0 Å². The molecule has 112 valence electrons. The third kappa shape index (κ3) is 4.41. The Hall–Kier alpha value is -1.77. The highest BCUT2D eigenvalue weighted by molar-refractivity contribution is 7.91. The van der Waals surface area contributed by atoms with Crippen LogP contribution in [0.4, 0.5) is 18.9 Å². The van der Waals surface area contributed by atoms with E-state index in [9.17, 15) is 26.4 Å². The van der Waals surface area contributed by atoms with Crippen LogP contribution in [0.3, 0.4) is 0 Å². The van der Waals surface area contributed by atoms with Gasteiger partial charge in [0.2, 0.25) is 0 Å². The van der Waals surface area contributed by atoms with Crippen molar-refractivity contribution >= 4 is 21.5 Å². The molecule has 0 aliphatic carbocycles. The van der Waals surface area contributed by atoms with Crippen LogP contribution < -0.4 is 5.73 Å². The molecule has 0 aliphatic rings. The number of esters is 1. The number of hydrogen-bond donors (Lipinski definition) is 1. The zero-order valence-electron chi connectivity index (χ0n) is 10.4. The van der Waals surface area contributed by atoms with Gasteiger partial charge >= 0.3 is 12.1 Å². The number of carbonyl (C=O) groups is 1. The SMILES string of the molecule is COC(=O)CS(=O)(=O)Cc1ccc(N)cc1C(F)(F)F. The van der Waals surface area contributed by atoms with E-state index >= 15 is 0 Å². The van der Waals surface area contributed by atoms with E-state index in [-0.39, 0.29) is 5.69 Å². The summed E-state index contributed by atoms with van der Waals surface area (Å²) < 4.78 is 65.8. The van der Waals surface area contributed by atoms with Crippen molar-refractivity contribution in [3.63, 3.8) is 0 Å². The number of sulfone groups is 1. The lowest BCUT2D eigenvalue weighted by Gasteiger charge is -2.13. The predicted octanol–water partition coefficient (Wildman–Crippen LogP) is 1.38. The molecule has 1 aromatic carbocycles. The predicted molar refractivity (Wildman–Crippen MR) is 65.4 cm³/mol. The van der Waals surface area contributed by atoms with Gasteiger partial charge in [-0.1, -0.05) is 6.07 Å². The first-order valence-electron chi connectivity index (χ1n) is 5.28. The summed E-state index contributed by atoms with van der Waals surface area (Å²) in [4.78, 5) is 10.9. The summed E-state index contributed by atoms with van der Waals surface area (Å²) in [6, 6.07) is 2.80. The molecule has 0 saturated heterocycles. The minimum Gasteiger partial charge on any atom is -0.468 e. The van der Waals surface area contributed by atoms with Gasteiger partial charge in [-0.25, -0.2) is 8.42 Å². The summed E-state index contributed by atoms with van der Waals surface area (Å²) in [6.45, 7) is 0. The summed E-state index contributed by atoms with van der Waals surface area (Å²) in [5, 5.41) is 0. The molecule has 0 amide bonds. The molecule has 1 rings (SSSR count). The molecule has 1 aromatic rings. The minimum absolute atomic E-state index is 0.133. The Morgan fingerprint density at radius 2 is 1.95 bits per heavy atom. The van der Waals surface area contributed by atoms with Crippen molar-refractivity contribution in [2.24, 2.45) is 0 Å². The second kappa shape index (κ2) is 5.70. The molecule has 0 aliphatic heterocycles. The largest absolute Gasteiger partial charge is 0.468 e. The maximum absolute atomic E-state index is 12.8. The fraction of sp³-hybridized carbons (Fsp3) is 0.364. The molecule has 0 saturated carbocycles. The zero-order chi connectivity index (χ0) is 15.6. The van der Waals surface area contributed by atoms with Gasteiger partial charge in [0.15, 0.2) is 9.84 Å². The molecule has 5 nitrogen and oxygen atoms in total. The van der Waals surface area contributed by atoms with Crippen molar-refractivity contribution in [1.82, 2.24) is 0 Å². The molecule has 0 atom stereocenters. The Kier molecular flexibility index (Phi) is 4.64. The number of alkyl halides is 3. The van der Waals surface area contributed by atoms with E-state index in [4.69, 9.17) is 5.73 Å². The molecule has 0 radical (unpaired) electrons. The van der Waals surface area contributed by atoms with E-state index in [1.807, 2.05) is 0 Å². The number of benzene rings is 1. The normalized spacial score (nSPS) is 12.2. The van der Waals surface area contributed by atoms with E-state index in [0.717, 1.165) is 19.2 Å². The fourth-order valence-corrected chi connectivity index (χ4v) is 2.81. The second-order valence-corrected chi connectivity index (χ2v) is 6.09. The van der Waals surface area contributed by atoms with Gasteiger partial charge in [-0.3, -0.25) is 4.79 Å². The first-order valence-corrected chi connectivity index (χ1v) is 7.10. The van der Waals surface area contributed by atoms with Gasteiger partial charge in [-0.2, -0.15) is 13.2 Å². The van der Waals surface area contributed by atoms with E-state index in [0.29, 0.717) is 6.07 Å². The number of methoxy groups -OCH3 is 1. The number of hydrogen-bond acceptors (Lipinski definition) is 5. The summed E-state index contributed by atoms with van der Waals surface area (Å²) in [5.41, 5.74) is 3.54. The number of rotatable bonds is 4. The third-order valence-corrected chi connectivity index (χ3v) is 3.81. The quantitative estimate of drug-likeness (QED) is 0.670. The van der Waals surface area contributed by atoms with Crippen LogP contribution in [0.2, 0.25) is 0 Å². The highest BCUT2D eigenvalue weighted by Gasteiger charge is 2.34. The summed E-state index contributed by atoms with van der Waals surface area (Å²) in [7, 11) is -3.07. The molecule has 0 aromatic heterocycles. The van der Waals surface area contributed by atoms with Crippen molar-refractivity contribution in [1.29, 1.82) is 0 Å². The lowest BCUT2D eigenvalue weighted by atomic mass is 10.1. The number of halogens is 3. The van der Waals surface area contributed by atoms with Crippen molar-refractivity contribution in [2.75, 3.05) is 18.6 Å². The van der Waals surface area contributed by atoms with Crippen LogP contribution in [0, 0.1) is 0 Å². The molecular formula is C11H12F3NO4S. The first kappa shape index (κ1) is 16.3. The highest BCUT2D eigenvalue weighted by atomic mass is 32.2. The molecule has 9 heteroatoms. The summed E-state index contributed by atoms with van der Waals surface area (Å²) in [6.07, 6.45) is -4.73. The van der Waals surface area contributed by atoms with E-state index in [1.165, 1.54) is 0 Å². The van der Waals surface area contributed by atoms with Crippen LogP contribution >= 0.6 is 0 Å². The highest BCUT2D eigenvalue weighted by Crippen LogP contribution is 2.34. The fourth-order valence-electron chi connectivity index (χ4n) is 1.51. The number of carbonyl (C=O) groups excluding carboxylic acids is 1. The molecule has 2 N–H and O–H groups in total. The molecular weight excluding hydrogens is 299 g/mol. The van der Waals surface area contributed by atoms with Crippen molar-refractivity contribution in [3.8, 4) is 0 Å². The average molecular weight is 311 g/mol. The Labute approximate surface area is 113 Å². The standard InChI is InChI=1S/C11H12F3NO4S/c1-19-10(16)6-20(17,18)5-7-2-3-8(15)4-9(7)11(12,13)14/h2-4H,5-6,15H2,1H3. The molecule has 0 bridgehead atoms. The van der Waals surface area contributed by atoms with Crippen LogP contribution in [0.25, 0.3) is 0 Å². The van der Waals surface area contributed by atoms with E-state index in [2.05, 4.69) is 4.74 Å². The van der Waals surface area contributed by atoms with Crippen LogP contribution in [-0.4, -0.2) is 27.2 Å². The van der Waals surface area contributed by atoms with Gasteiger partial charge < -0.3 is 10.5 Å². The van der Waals surface area contributed by atoms with Crippen LogP contribution in [0.1, 0.15) is 11.1 Å². The van der Waals surface area contributed by atoms with Crippen molar-refractivity contribution in [2.45, 2.75) is 11.9 Å². The minimum atomic E-state index is -4.73. The lowest BCUT2D eigenvalue weighted by Crippen LogP contribution is -2.20. The number of nitrogens with two attached hydrogens (primary N) is 1. The maximum Gasteiger partial charge on any atom is 0.416 e. The Balaban J connectivity index is 3.13. The van der Waals surface area contributed by atoms with Gasteiger partial charge in [-0.15, -0.1) is 0 Å². The number of ether oxygens (including phenoxy) is 1. The lowest BCUT2D eigenvalue weighted by molar-refractivity contribution is -0.138. The number of nitrogen functional groups attached to an aromatic ring is 1. The monoisotopic (exact) mass is 311 g/mol. The number of anilines is 1. The molecule has 0 heterocycles. The van der Waals surface area contributed by atoms with Gasteiger partial charge in [0, 0.05) is 5.69 Å². The van der Waals surface area contributed by atoms with Gasteiger partial charge in [0.05, 0.1) is 18.4 Å². The van der Waals surface area contributed by atoms with Crippen molar-refractivity contribution in [3.05, 3.63) is 29.3 Å². The molecule has 0 fully saturated rings. The average Bonchev–Trinajstić information content (AvgIpc) is 2.29. The summed E-state index contributed by atoms with van der Waals surface area (Å²) >= 11 is 0. The van der Waals surface area contributed by atoms with Gasteiger partial charge in [0.1, 0.15) is 5.75 Å². The van der Waals surface area contributed by atoms with Crippen molar-refractivity contribution < 1.29 is 31.1 Å². The smallest absolute Gasteiger partial charge is 0.416 e. The maximum atomic E-state index is 12.8. The van der Waals surface area contributed by atoms with Crippen LogP contribution in [-0.2, 0) is 31.3 Å². The summed E-state index contributed by atoms with van der Waals surface area (Å²) in [5.74, 6) is -2.93. The second-order valence-electron chi connectivity index (χ2n) is 4.02. The van der Waals surface area contributed by atoms with E-state index < -0.39 is 44.6 Å². The van der Waals surface area contributed by atoms with E-state index in [1.54, 1.807) is 0 Å². The molecule has 20 heavy (non-hydrogen) atoms. The third-order valence-electron chi connectivity index (χ3n) is 2.38. The van der Waals surface area contributed by atoms with Crippen LogP contribution in [0.15, 0.2) is 18.2 Å². The Bertz CT molecular complexity index is 611. The Morgan fingerprint density at radius 3 is 2.45 bits per heavy atom. The van der Waals surface area contributed by atoms with Crippen LogP contribution in [0.5, 0.6) is 0 Å².